The van der Waals surface area contributed by atoms with Crippen molar-refractivity contribution in [2.75, 3.05) is 0 Å². The van der Waals surface area contributed by atoms with Crippen molar-refractivity contribution < 1.29 is 174 Å². The van der Waals surface area contributed by atoms with E-state index in [0.717, 1.165) is 0 Å². The Balaban J connectivity index is -0.00000000750. The molecule has 0 rings (SSSR count). The Morgan fingerprint density at radius 3 is 0.750 bits per heavy atom. The van der Waals surface area contributed by atoms with Crippen LogP contribution in [-0.4, -0.2) is 7.32 Å². The summed E-state index contributed by atoms with van der Waals surface area (Å²) >= 11 is 0. The van der Waals surface area contributed by atoms with E-state index in [-0.39, 0.29) is 159 Å². The molecule has 0 bridgehead atoms. The zero-order chi connectivity index (χ0) is 3.58. The minimum atomic E-state index is -2.92. The van der Waals surface area contributed by atoms with Crippen molar-refractivity contribution in [1.29, 1.82) is 0 Å². The molecule has 0 aromatic carbocycles. The van der Waals surface area contributed by atoms with Crippen molar-refractivity contribution in [1.82, 2.24) is 0 Å². The zero-order valence-electron chi connectivity index (χ0n) is 5.21. The van der Waals surface area contributed by atoms with Gasteiger partial charge in [0.05, 0.1) is 0 Å². The van der Waals surface area contributed by atoms with E-state index < -0.39 is 7.32 Å². The average molecular weight is 196 g/mol. The van der Waals surface area contributed by atoms with E-state index in [4.69, 9.17) is 15.1 Å². The molecule has 3 nitrogen and oxygen atoms in total. The Morgan fingerprint density at radius 2 is 0.750 bits per heavy atom. The fourth-order valence-corrected chi connectivity index (χ4v) is 0. The molecule has 0 radical (unpaired) electrons. The molecule has 0 spiro atoms. The molecule has 0 aliphatic carbocycles. The number of halogens is 1. The van der Waals surface area contributed by atoms with Gasteiger partial charge in [-0.2, -0.15) is 0 Å². The van der Waals surface area contributed by atoms with E-state index >= 15 is 0 Å². The molecule has 0 aliphatic heterocycles. The third-order valence-corrected chi connectivity index (χ3v) is 0. The van der Waals surface area contributed by atoms with Gasteiger partial charge in [0, 0.05) is 0 Å². The molecule has 0 saturated carbocycles. The van der Waals surface area contributed by atoms with Crippen LogP contribution in [0.1, 0.15) is 0 Å². The Morgan fingerprint density at radius 1 is 0.750 bits per heavy atom. The Hall–Kier alpha value is 4.78. The second kappa shape index (κ2) is 22.6. The summed E-state index contributed by atoms with van der Waals surface area (Å²) in [5, 5.41) is 25.2. The maximum atomic E-state index is 8.42. The summed E-state index contributed by atoms with van der Waals surface area (Å²) in [6.07, 6.45) is 0. The van der Waals surface area contributed by atoms with Gasteiger partial charge in [-0.25, -0.2) is 0 Å². The van der Waals surface area contributed by atoms with Crippen LogP contribution in [0.2, 0.25) is 0 Å². The monoisotopic (exact) mass is 196 g/mol. The molecule has 8 heavy (non-hydrogen) atoms. The first kappa shape index (κ1) is 29.3. The normalized spacial score (nSPS) is 3.38. The third kappa shape index (κ3) is 45.1. The van der Waals surface area contributed by atoms with Gasteiger partial charge >= 0.3 is 154 Å². The summed E-state index contributed by atoms with van der Waals surface area (Å²) in [6.45, 7) is 0. The minimum Gasteiger partial charge on any atom is -0.907 e. The molecule has 0 aromatic rings. The van der Waals surface area contributed by atoms with Crippen LogP contribution in [-0.2, 0) is 0 Å². The van der Waals surface area contributed by atoms with Crippen molar-refractivity contribution in [3.05, 3.63) is 0 Å². The molecule has 0 heterocycles. The topological polar surface area (TPSA) is 69.2 Å². The minimum absolute atomic E-state index is 0. The van der Waals surface area contributed by atoms with Gasteiger partial charge in [-0.15, -0.1) is 0 Å². The van der Waals surface area contributed by atoms with Crippen LogP contribution in [0.15, 0.2) is 0 Å². The quantitative estimate of drug-likeness (QED) is 0.361. The van der Waals surface area contributed by atoms with Crippen molar-refractivity contribution in [2.24, 2.45) is 0 Å². The number of hydrogen-bond donors (Lipinski definition) is 0. The predicted octanol–water partition coefficient (Wildman–Crippen LogP) is -12.8. The van der Waals surface area contributed by atoms with Gasteiger partial charge in [0.25, 0.3) is 0 Å². The molecule has 8 heteroatoms. The molecule has 0 unspecified atom stereocenters. The zero-order valence-corrected chi connectivity index (χ0v) is 14.6. The molecule has 0 aliphatic rings. The molecule has 32 valence electrons. The fraction of sp³-hybridized carbons (Fsp3) is 0. The standard InChI is InChI=1S/BO3.FH.3K/c2-1(3)4;;;;/h;1H;;;/q-3;;3*+1. The molecule has 0 N–H and O–H groups in total. The number of rotatable bonds is 0. The van der Waals surface area contributed by atoms with Crippen LogP contribution in [0.5, 0.6) is 0 Å². The molecular weight excluding hydrogens is 195 g/mol. The van der Waals surface area contributed by atoms with Crippen LogP contribution in [0.4, 0.5) is 4.70 Å². The van der Waals surface area contributed by atoms with Crippen molar-refractivity contribution >= 4 is 7.32 Å². The van der Waals surface area contributed by atoms with E-state index in [1.165, 1.54) is 0 Å². The molecule has 0 aromatic heterocycles. The molecule has 0 fully saturated rings. The van der Waals surface area contributed by atoms with Gasteiger partial charge in [-0.05, 0) is 0 Å². The second-order valence-electron chi connectivity index (χ2n) is 0.289. The summed E-state index contributed by atoms with van der Waals surface area (Å²) in [5.74, 6) is 0. The summed E-state index contributed by atoms with van der Waals surface area (Å²) < 4.78 is 0. The third-order valence-electron chi connectivity index (χ3n) is 0. The van der Waals surface area contributed by atoms with Gasteiger partial charge in [0.2, 0.25) is 0 Å². The van der Waals surface area contributed by atoms with Gasteiger partial charge in [0.1, 0.15) is 0 Å². The van der Waals surface area contributed by atoms with E-state index in [2.05, 4.69) is 0 Å². The van der Waals surface area contributed by atoms with E-state index in [9.17, 15) is 0 Å². The van der Waals surface area contributed by atoms with E-state index in [1.54, 1.807) is 0 Å². The average Bonchev–Trinajstić information content (AvgIpc) is 0.811. The number of hydrogen-bond acceptors (Lipinski definition) is 3. The molecule has 0 atom stereocenters. The van der Waals surface area contributed by atoms with Crippen molar-refractivity contribution in [2.45, 2.75) is 0 Å². The maximum absolute atomic E-state index is 8.42. The van der Waals surface area contributed by atoms with Gasteiger partial charge in [0.15, 0.2) is 0 Å². The Kier molecular flexibility index (Phi) is 82.8. The molecule has 0 saturated heterocycles. The fourth-order valence-electron chi connectivity index (χ4n) is 0. The van der Waals surface area contributed by atoms with E-state index in [0.29, 0.717) is 0 Å². The summed E-state index contributed by atoms with van der Waals surface area (Å²) in [4.78, 5) is 0. The smallest absolute Gasteiger partial charge is 0.907 e. The first-order valence-electron chi connectivity index (χ1n) is 0.707. The Bertz CT molecular complexity index is 19.2. The van der Waals surface area contributed by atoms with Gasteiger partial charge in [-0.1, -0.05) is 0 Å². The van der Waals surface area contributed by atoms with Gasteiger partial charge in [-0.3, -0.25) is 12.0 Å². The van der Waals surface area contributed by atoms with E-state index in [1.807, 2.05) is 0 Å². The summed E-state index contributed by atoms with van der Waals surface area (Å²) in [5.41, 5.74) is 0. The van der Waals surface area contributed by atoms with Gasteiger partial charge < -0.3 is 15.1 Å². The van der Waals surface area contributed by atoms with Crippen LogP contribution in [0.3, 0.4) is 0 Å². The largest absolute Gasteiger partial charge is 1.00 e. The molecule has 0 amide bonds. The summed E-state index contributed by atoms with van der Waals surface area (Å²) in [6, 6.07) is 0. The maximum Gasteiger partial charge on any atom is 1.00 e. The van der Waals surface area contributed by atoms with Crippen LogP contribution < -0.4 is 169 Å². The van der Waals surface area contributed by atoms with Crippen LogP contribution in [0.25, 0.3) is 0 Å². The summed E-state index contributed by atoms with van der Waals surface area (Å²) in [7, 11) is -2.92. The van der Waals surface area contributed by atoms with Crippen LogP contribution >= 0.6 is 0 Å². The first-order chi connectivity index (χ1) is 1.73. The van der Waals surface area contributed by atoms with Crippen molar-refractivity contribution in [3.63, 3.8) is 0 Å². The first-order valence-corrected chi connectivity index (χ1v) is 0.707. The van der Waals surface area contributed by atoms with Crippen molar-refractivity contribution in [3.8, 4) is 0 Å². The Labute approximate surface area is 175 Å². The predicted molar refractivity (Wildman–Crippen MR) is 8.26 cm³/mol. The SMILES string of the molecule is F.[K+].[K+].[K+].[O-]B([O-])[O-]. The van der Waals surface area contributed by atoms with Crippen LogP contribution in [0, 0.1) is 0 Å². The molecular formula is HBFK3O3. The second-order valence-corrected chi connectivity index (χ2v) is 0.289.